The maximum atomic E-state index is 14.2. The number of benzene rings is 3. The van der Waals surface area contributed by atoms with Crippen LogP contribution in [0.15, 0.2) is 83.8 Å². The monoisotopic (exact) mass is 562 g/mol. The number of nitrogens with zero attached hydrogens (tertiary/aromatic N) is 1. The molecular weight excluding hydrogens is 536 g/mol. The zero-order chi connectivity index (χ0) is 27.4. The topological polar surface area (TPSA) is 108 Å². The molecule has 2 aliphatic rings. The first kappa shape index (κ1) is 26.8. The number of halogens is 1. The van der Waals surface area contributed by atoms with Gasteiger partial charge in [0, 0.05) is 22.9 Å². The first-order chi connectivity index (χ1) is 18.9. The molecule has 200 valence electrons. The Hall–Kier alpha value is -3.82. The average Bonchev–Trinajstić information content (AvgIpc) is 3.36. The van der Waals surface area contributed by atoms with Crippen LogP contribution in [0.5, 0.6) is 0 Å². The first-order valence-electron chi connectivity index (χ1n) is 12.6. The highest BCUT2D eigenvalue weighted by Crippen LogP contribution is 2.46. The van der Waals surface area contributed by atoms with Gasteiger partial charge in [0.25, 0.3) is 5.91 Å². The van der Waals surface area contributed by atoms with Crippen LogP contribution in [0.25, 0.3) is 0 Å². The van der Waals surface area contributed by atoms with Crippen LogP contribution in [0.4, 0.5) is 5.69 Å². The Balaban J connectivity index is 1.47. The van der Waals surface area contributed by atoms with Crippen molar-refractivity contribution >= 4 is 52.7 Å². The minimum Gasteiger partial charge on any atom is -0.350 e. The molecule has 0 saturated carbocycles. The summed E-state index contributed by atoms with van der Waals surface area (Å²) in [5.74, 6) is -1.40. The molecule has 39 heavy (non-hydrogen) atoms. The number of amides is 4. The molecule has 1 fully saturated rings. The van der Waals surface area contributed by atoms with Crippen molar-refractivity contribution in [1.82, 2.24) is 16.0 Å². The largest absolute Gasteiger partial charge is 0.350 e. The van der Waals surface area contributed by atoms with Crippen LogP contribution in [0.2, 0.25) is 5.02 Å². The van der Waals surface area contributed by atoms with E-state index in [0.29, 0.717) is 28.6 Å². The number of hydrogen-bond donors (Lipinski definition) is 3. The number of nitrogens with one attached hydrogen (secondary N) is 3. The summed E-state index contributed by atoms with van der Waals surface area (Å²) in [6.07, 6.45) is 0.612. The zero-order valence-corrected chi connectivity index (χ0v) is 22.5. The molecule has 2 heterocycles. The van der Waals surface area contributed by atoms with E-state index in [1.165, 1.54) is 16.7 Å². The molecule has 3 aromatic rings. The van der Waals surface area contributed by atoms with Crippen LogP contribution in [0, 0.1) is 0 Å². The Morgan fingerprint density at radius 2 is 1.72 bits per heavy atom. The molecule has 0 bridgehead atoms. The fourth-order valence-electron chi connectivity index (χ4n) is 4.69. The Morgan fingerprint density at radius 3 is 2.41 bits per heavy atom. The van der Waals surface area contributed by atoms with E-state index in [1.807, 2.05) is 60.7 Å². The van der Waals surface area contributed by atoms with Crippen molar-refractivity contribution in [2.75, 3.05) is 11.4 Å². The number of carbonyl (C=O) groups excluding carboxylic acids is 4. The minimum atomic E-state index is -1.00. The molecule has 1 saturated heterocycles. The van der Waals surface area contributed by atoms with Gasteiger partial charge in [-0.3, -0.25) is 19.2 Å². The lowest BCUT2D eigenvalue weighted by Gasteiger charge is -2.29. The van der Waals surface area contributed by atoms with Gasteiger partial charge in [-0.05, 0) is 35.7 Å². The molecule has 0 aliphatic carbocycles. The summed E-state index contributed by atoms with van der Waals surface area (Å²) in [6, 6.07) is 22.3. The second-order valence-corrected chi connectivity index (χ2v) is 11.0. The summed E-state index contributed by atoms with van der Waals surface area (Å²) in [7, 11) is 0. The van der Waals surface area contributed by atoms with Crippen LogP contribution in [-0.2, 0) is 25.7 Å². The third kappa shape index (κ3) is 6.26. The molecule has 0 aromatic heterocycles. The SMILES string of the molecule is O=C(CN1C(=O)[C@H](NC(=O)[C@@H]2CCC(=O)N2)[C@H](c2ccccc2)Sc2cc(Cl)ccc21)NCc1ccccc1. The maximum absolute atomic E-state index is 14.2. The van der Waals surface area contributed by atoms with E-state index in [-0.39, 0.29) is 24.8 Å². The third-order valence-corrected chi connectivity index (χ3v) is 8.29. The fourth-order valence-corrected chi connectivity index (χ4v) is 6.31. The number of carbonyl (C=O) groups is 4. The predicted octanol–water partition coefficient (Wildman–Crippen LogP) is 3.60. The lowest BCUT2D eigenvalue weighted by molar-refractivity contribution is -0.130. The second kappa shape index (κ2) is 11.9. The van der Waals surface area contributed by atoms with Crippen molar-refractivity contribution in [3.63, 3.8) is 0 Å². The Kier molecular flexibility index (Phi) is 8.18. The lowest BCUT2D eigenvalue weighted by Crippen LogP contribution is -2.55. The quantitative estimate of drug-likeness (QED) is 0.408. The van der Waals surface area contributed by atoms with Gasteiger partial charge in [0.15, 0.2) is 0 Å². The summed E-state index contributed by atoms with van der Waals surface area (Å²) in [5, 5.41) is 8.43. The van der Waals surface area contributed by atoms with E-state index >= 15 is 0 Å². The van der Waals surface area contributed by atoms with Crippen molar-refractivity contribution in [2.24, 2.45) is 0 Å². The van der Waals surface area contributed by atoms with Crippen LogP contribution in [0.3, 0.4) is 0 Å². The summed E-state index contributed by atoms with van der Waals surface area (Å²) in [4.78, 5) is 54.3. The van der Waals surface area contributed by atoms with E-state index < -0.39 is 29.1 Å². The Labute approximate surface area is 235 Å². The van der Waals surface area contributed by atoms with Gasteiger partial charge in [-0.1, -0.05) is 72.3 Å². The van der Waals surface area contributed by atoms with Crippen molar-refractivity contribution in [3.8, 4) is 0 Å². The number of rotatable bonds is 7. The predicted molar refractivity (Wildman–Crippen MR) is 150 cm³/mol. The summed E-state index contributed by atoms with van der Waals surface area (Å²) in [6.45, 7) is 0.0764. The molecule has 3 N–H and O–H groups in total. The second-order valence-electron chi connectivity index (χ2n) is 9.39. The van der Waals surface area contributed by atoms with Gasteiger partial charge in [0.2, 0.25) is 17.7 Å². The van der Waals surface area contributed by atoms with Crippen molar-refractivity contribution < 1.29 is 19.2 Å². The Bertz CT molecular complexity index is 1390. The van der Waals surface area contributed by atoms with Crippen molar-refractivity contribution in [2.45, 2.75) is 41.6 Å². The van der Waals surface area contributed by atoms with Crippen molar-refractivity contribution in [3.05, 3.63) is 95.0 Å². The van der Waals surface area contributed by atoms with Crippen molar-refractivity contribution in [1.29, 1.82) is 0 Å². The molecule has 2 aliphatic heterocycles. The van der Waals surface area contributed by atoms with Gasteiger partial charge >= 0.3 is 0 Å². The molecule has 3 atom stereocenters. The zero-order valence-electron chi connectivity index (χ0n) is 20.9. The van der Waals surface area contributed by atoms with Crippen LogP contribution >= 0.6 is 23.4 Å². The molecule has 5 rings (SSSR count). The highest BCUT2D eigenvalue weighted by atomic mass is 35.5. The van der Waals surface area contributed by atoms with Crippen LogP contribution in [0.1, 0.15) is 29.2 Å². The molecule has 0 spiro atoms. The lowest BCUT2D eigenvalue weighted by atomic mass is 10.0. The van der Waals surface area contributed by atoms with Gasteiger partial charge < -0.3 is 20.9 Å². The van der Waals surface area contributed by atoms with E-state index in [2.05, 4.69) is 16.0 Å². The molecule has 3 aromatic carbocycles. The summed E-state index contributed by atoms with van der Waals surface area (Å²) in [5.41, 5.74) is 2.30. The normalized spacial score (nSPS) is 20.5. The number of thioether (sulfide) groups is 1. The molecule has 10 heteroatoms. The molecule has 4 amide bonds. The molecule has 0 radical (unpaired) electrons. The van der Waals surface area contributed by atoms with Gasteiger partial charge in [-0.2, -0.15) is 0 Å². The van der Waals surface area contributed by atoms with E-state index in [4.69, 9.17) is 11.6 Å². The number of anilines is 1. The smallest absolute Gasteiger partial charge is 0.251 e. The van der Waals surface area contributed by atoms with Gasteiger partial charge in [0.05, 0.1) is 10.9 Å². The highest BCUT2D eigenvalue weighted by molar-refractivity contribution is 7.99. The number of hydrogen-bond acceptors (Lipinski definition) is 5. The standard InChI is InChI=1S/C29H27ClN4O4S/c30-20-11-13-22-23(15-20)39-27(19-9-5-2-6-10-19)26(33-28(37)21-12-14-24(35)32-21)29(38)34(22)17-25(36)31-16-18-7-3-1-4-8-18/h1-11,13,15,21,26-27H,12,14,16-17H2,(H,31,36)(H,32,35)(H,33,37)/t21-,26+,27-/m0/s1. The van der Waals surface area contributed by atoms with E-state index in [9.17, 15) is 19.2 Å². The molecule has 8 nitrogen and oxygen atoms in total. The minimum absolute atomic E-state index is 0.199. The average molecular weight is 563 g/mol. The van der Waals surface area contributed by atoms with E-state index in [0.717, 1.165) is 11.1 Å². The van der Waals surface area contributed by atoms with Gasteiger partial charge in [-0.15, -0.1) is 11.8 Å². The summed E-state index contributed by atoms with van der Waals surface area (Å²) >= 11 is 7.75. The van der Waals surface area contributed by atoms with Gasteiger partial charge in [-0.25, -0.2) is 0 Å². The fraction of sp³-hybridized carbons (Fsp3) is 0.241. The van der Waals surface area contributed by atoms with Gasteiger partial charge in [0.1, 0.15) is 18.6 Å². The maximum Gasteiger partial charge on any atom is 0.251 e. The van der Waals surface area contributed by atoms with Crippen LogP contribution < -0.4 is 20.9 Å². The summed E-state index contributed by atoms with van der Waals surface area (Å²) < 4.78 is 0. The molecular formula is C29H27ClN4O4S. The molecule has 0 unspecified atom stereocenters. The third-order valence-electron chi connectivity index (χ3n) is 6.67. The Morgan fingerprint density at radius 1 is 1.00 bits per heavy atom. The first-order valence-corrected chi connectivity index (χ1v) is 13.9. The highest BCUT2D eigenvalue weighted by Gasteiger charge is 2.41. The van der Waals surface area contributed by atoms with Crippen LogP contribution in [-0.4, -0.2) is 42.3 Å². The van der Waals surface area contributed by atoms with E-state index in [1.54, 1.807) is 18.2 Å². The number of fused-ring (bicyclic) bond motifs is 1.